The van der Waals surface area contributed by atoms with Gasteiger partial charge < -0.3 is 15.0 Å². The van der Waals surface area contributed by atoms with Crippen molar-refractivity contribution in [1.29, 1.82) is 0 Å². The van der Waals surface area contributed by atoms with Crippen LogP contribution < -0.4 is 10.9 Å². The summed E-state index contributed by atoms with van der Waals surface area (Å²) < 4.78 is 39.5. The Hall–Kier alpha value is -3.92. The molecule has 4 rings (SSSR count). The van der Waals surface area contributed by atoms with Crippen LogP contribution in [0.25, 0.3) is 16.6 Å². The first-order valence-corrected chi connectivity index (χ1v) is 12.7. The predicted molar refractivity (Wildman–Crippen MR) is 130 cm³/mol. The molecule has 0 unspecified atom stereocenters. The van der Waals surface area contributed by atoms with Gasteiger partial charge in [-0.3, -0.25) is 14.2 Å². The summed E-state index contributed by atoms with van der Waals surface area (Å²) in [7, 11) is -1.75. The van der Waals surface area contributed by atoms with Crippen molar-refractivity contribution < 1.29 is 22.7 Å². The minimum atomic E-state index is -3.33. The van der Waals surface area contributed by atoms with Crippen LogP contribution in [0.1, 0.15) is 28.7 Å². The van der Waals surface area contributed by atoms with Crippen molar-refractivity contribution in [3.8, 4) is 11.4 Å². The molecule has 8 nitrogen and oxygen atoms in total. The van der Waals surface area contributed by atoms with Gasteiger partial charge in [0.1, 0.15) is 16.9 Å². The van der Waals surface area contributed by atoms with Gasteiger partial charge in [0.25, 0.3) is 11.5 Å². The van der Waals surface area contributed by atoms with Gasteiger partial charge in [0.2, 0.25) is 0 Å². The highest BCUT2D eigenvalue weighted by molar-refractivity contribution is 7.90. The number of nitrogens with one attached hydrogen (secondary N) is 1. The van der Waals surface area contributed by atoms with Crippen LogP contribution in [0.3, 0.4) is 0 Å². The Balaban J connectivity index is 1.72. The van der Waals surface area contributed by atoms with Gasteiger partial charge in [-0.05, 0) is 54.4 Å². The Labute approximate surface area is 201 Å². The summed E-state index contributed by atoms with van der Waals surface area (Å²) in [6.07, 6.45) is 1.60. The number of hydrogen-bond donors (Lipinski definition) is 2. The average molecular weight is 498 g/mol. The van der Waals surface area contributed by atoms with Gasteiger partial charge in [0.15, 0.2) is 15.6 Å². The molecule has 0 aliphatic carbocycles. The van der Waals surface area contributed by atoms with Crippen molar-refractivity contribution in [2.45, 2.75) is 24.8 Å². The Kier molecular flexibility index (Phi) is 6.25. The van der Waals surface area contributed by atoms with E-state index < -0.39 is 32.9 Å². The Morgan fingerprint density at radius 2 is 1.71 bits per heavy atom. The van der Waals surface area contributed by atoms with Gasteiger partial charge in [0.05, 0.1) is 10.4 Å². The van der Waals surface area contributed by atoms with Crippen molar-refractivity contribution in [2.24, 2.45) is 7.05 Å². The van der Waals surface area contributed by atoms with E-state index >= 15 is 0 Å². The number of rotatable bonds is 6. The van der Waals surface area contributed by atoms with Gasteiger partial charge in [-0.15, -0.1) is 0 Å². The number of carbonyl (C=O) groups is 1. The van der Waals surface area contributed by atoms with Gasteiger partial charge in [-0.2, -0.15) is 0 Å². The van der Waals surface area contributed by atoms with E-state index in [-0.39, 0.29) is 22.5 Å². The number of aromatic hydroxyl groups is 1. The fourth-order valence-corrected chi connectivity index (χ4v) is 4.68. The van der Waals surface area contributed by atoms with Crippen molar-refractivity contribution in [2.75, 3.05) is 6.26 Å². The van der Waals surface area contributed by atoms with Gasteiger partial charge in [-0.1, -0.05) is 19.1 Å². The lowest BCUT2D eigenvalue weighted by Crippen LogP contribution is -2.25. The monoisotopic (exact) mass is 497 g/mol. The molecular weight excluding hydrogens is 473 g/mol. The minimum Gasteiger partial charge on any atom is -0.505 e. The third-order valence-electron chi connectivity index (χ3n) is 5.89. The summed E-state index contributed by atoms with van der Waals surface area (Å²) in [6, 6.07) is 13.3. The molecule has 0 saturated heterocycles. The van der Waals surface area contributed by atoms with E-state index in [0.717, 1.165) is 6.26 Å². The Morgan fingerprint density at radius 3 is 2.29 bits per heavy atom. The number of carbonyl (C=O) groups excluding carboxylic acids is 1. The summed E-state index contributed by atoms with van der Waals surface area (Å²) >= 11 is 0. The molecule has 0 spiro atoms. The largest absolute Gasteiger partial charge is 0.505 e. The maximum Gasteiger partial charge on any atom is 0.272 e. The van der Waals surface area contributed by atoms with Crippen LogP contribution in [-0.2, 0) is 29.9 Å². The molecule has 0 radical (unpaired) electrons. The van der Waals surface area contributed by atoms with E-state index in [1.165, 1.54) is 45.5 Å². The third-order valence-corrected chi connectivity index (χ3v) is 7.02. The molecule has 10 heteroatoms. The SMILES string of the molecule is CCc1cc2c(c(O)c(C(=O)NCc3ccc(S(C)(=O)=O)cc3)n2C)c(=O)n1-c1ccc(F)cc1. The van der Waals surface area contributed by atoms with E-state index in [1.54, 1.807) is 25.2 Å². The lowest BCUT2D eigenvalue weighted by atomic mass is 10.2. The zero-order valence-electron chi connectivity index (χ0n) is 19.4. The van der Waals surface area contributed by atoms with Crippen LogP contribution in [0.4, 0.5) is 4.39 Å². The molecule has 4 aromatic rings. The quantitative estimate of drug-likeness (QED) is 0.425. The second kappa shape index (κ2) is 9.03. The lowest BCUT2D eigenvalue weighted by molar-refractivity contribution is 0.0940. The fraction of sp³-hybridized carbons (Fsp3) is 0.200. The highest BCUT2D eigenvalue weighted by Gasteiger charge is 2.25. The zero-order valence-corrected chi connectivity index (χ0v) is 20.2. The first kappa shape index (κ1) is 24.2. The molecule has 0 aliphatic heterocycles. The highest BCUT2D eigenvalue weighted by Crippen LogP contribution is 2.30. The molecule has 0 bridgehead atoms. The van der Waals surface area contributed by atoms with Crippen LogP contribution in [0.15, 0.2) is 64.3 Å². The summed E-state index contributed by atoms with van der Waals surface area (Å²) in [5.41, 5.74) is 1.54. The molecule has 2 heterocycles. The second-order valence-corrected chi connectivity index (χ2v) is 10.2. The van der Waals surface area contributed by atoms with Crippen LogP contribution in [-0.4, -0.2) is 34.8 Å². The van der Waals surface area contributed by atoms with Crippen molar-refractivity contribution in [3.05, 3.63) is 87.7 Å². The fourth-order valence-electron chi connectivity index (χ4n) is 4.04. The van der Waals surface area contributed by atoms with Gasteiger partial charge in [-0.25, -0.2) is 12.8 Å². The van der Waals surface area contributed by atoms with Crippen molar-refractivity contribution >= 4 is 26.6 Å². The second-order valence-electron chi connectivity index (χ2n) is 8.22. The third kappa shape index (κ3) is 4.44. The molecule has 0 aliphatic rings. The van der Waals surface area contributed by atoms with Crippen molar-refractivity contribution in [3.63, 3.8) is 0 Å². The number of halogens is 1. The number of nitrogens with zero attached hydrogens (tertiary/aromatic N) is 2. The number of amides is 1. The minimum absolute atomic E-state index is 0.0170. The normalized spacial score (nSPS) is 11.7. The molecule has 0 saturated carbocycles. The molecule has 1 amide bonds. The Bertz CT molecular complexity index is 1600. The van der Waals surface area contributed by atoms with Gasteiger partial charge in [0, 0.05) is 31.2 Å². The number of benzene rings is 2. The maximum atomic E-state index is 13.4. The highest BCUT2D eigenvalue weighted by atomic mass is 32.2. The average Bonchev–Trinajstić information content (AvgIpc) is 3.07. The number of aromatic nitrogens is 2. The Morgan fingerprint density at radius 1 is 1.09 bits per heavy atom. The lowest BCUT2D eigenvalue weighted by Gasteiger charge is -2.13. The van der Waals surface area contributed by atoms with Crippen LogP contribution in [0.2, 0.25) is 0 Å². The summed E-state index contributed by atoms with van der Waals surface area (Å²) in [5.74, 6) is -1.48. The van der Waals surface area contributed by atoms with Crippen molar-refractivity contribution in [1.82, 2.24) is 14.5 Å². The number of hydrogen-bond acceptors (Lipinski definition) is 5. The molecule has 0 fully saturated rings. The molecule has 182 valence electrons. The van der Waals surface area contributed by atoms with Crippen LogP contribution in [0, 0.1) is 5.82 Å². The molecule has 2 aromatic heterocycles. The van der Waals surface area contributed by atoms with Gasteiger partial charge >= 0.3 is 0 Å². The zero-order chi connectivity index (χ0) is 25.5. The summed E-state index contributed by atoms with van der Waals surface area (Å²) in [4.78, 5) is 26.6. The van der Waals surface area contributed by atoms with Crippen LogP contribution >= 0.6 is 0 Å². The van der Waals surface area contributed by atoms with E-state index in [9.17, 15) is 27.5 Å². The predicted octanol–water partition coefficient (Wildman–Crippen LogP) is 3.07. The number of pyridine rings is 1. The molecule has 2 aromatic carbocycles. The first-order valence-electron chi connectivity index (χ1n) is 10.8. The van der Waals surface area contributed by atoms with E-state index in [0.29, 0.717) is 28.9 Å². The van der Waals surface area contributed by atoms with E-state index in [4.69, 9.17) is 0 Å². The number of aryl methyl sites for hydroxylation is 2. The maximum absolute atomic E-state index is 13.4. The summed E-state index contributed by atoms with van der Waals surface area (Å²) in [6.45, 7) is 1.95. The number of fused-ring (bicyclic) bond motifs is 1. The standard InChI is InChI=1S/C25H24FN3O5S/c1-4-17-13-20-21(25(32)29(17)18-9-7-16(26)8-10-18)23(30)22(28(20)2)24(31)27-14-15-5-11-19(12-6-15)35(3,33)34/h5-13,30H,4,14H2,1-3H3,(H,27,31). The smallest absolute Gasteiger partial charge is 0.272 e. The van der Waals surface area contributed by atoms with Crippen LogP contribution in [0.5, 0.6) is 5.75 Å². The first-order chi connectivity index (χ1) is 16.5. The molecular formula is C25H24FN3O5S. The number of sulfone groups is 1. The summed E-state index contributed by atoms with van der Waals surface area (Å²) in [5, 5.41) is 13.6. The molecule has 0 atom stereocenters. The van der Waals surface area contributed by atoms with E-state index in [1.807, 2.05) is 6.92 Å². The molecule has 35 heavy (non-hydrogen) atoms. The van der Waals surface area contributed by atoms with E-state index in [2.05, 4.69) is 5.32 Å². The molecule has 2 N–H and O–H groups in total. The topological polar surface area (TPSA) is 110 Å².